The van der Waals surface area contributed by atoms with Crippen molar-refractivity contribution < 1.29 is 22.7 Å². The average molecular weight is 410 g/mol. The number of rotatable bonds is 6. The summed E-state index contributed by atoms with van der Waals surface area (Å²) in [5.74, 6) is 0.133. The number of likely N-dealkylation sites (tertiary alicyclic amines) is 2. The second kappa shape index (κ2) is 8.48. The first-order chi connectivity index (χ1) is 13.3. The summed E-state index contributed by atoms with van der Waals surface area (Å²) >= 11 is 0. The van der Waals surface area contributed by atoms with E-state index in [2.05, 4.69) is 4.72 Å². The minimum atomic E-state index is -3.84. The van der Waals surface area contributed by atoms with Gasteiger partial charge in [-0.05, 0) is 56.9 Å². The maximum atomic E-state index is 12.8. The predicted molar refractivity (Wildman–Crippen MR) is 103 cm³/mol. The van der Waals surface area contributed by atoms with Crippen molar-refractivity contribution in [3.63, 3.8) is 0 Å². The van der Waals surface area contributed by atoms with E-state index in [4.69, 9.17) is 4.74 Å². The standard InChI is InChI=1S/C19H27N3O5S/c1-14(18(23)21-11-4-3-5-12-21)22-13-10-17(19(22)24)20-28(25,26)16-8-6-15(27-2)7-9-16/h6-9,14,17,20H,3-5,10-13H2,1-2H3/t14-,17?/m0/s1. The van der Waals surface area contributed by atoms with Crippen molar-refractivity contribution in [3.05, 3.63) is 24.3 Å². The van der Waals surface area contributed by atoms with E-state index in [-0.39, 0.29) is 16.7 Å². The molecule has 3 rings (SSSR count). The number of benzene rings is 1. The average Bonchev–Trinajstić information content (AvgIpc) is 3.07. The van der Waals surface area contributed by atoms with Crippen LogP contribution in [0.4, 0.5) is 0 Å². The van der Waals surface area contributed by atoms with Crippen LogP contribution in [0.15, 0.2) is 29.2 Å². The van der Waals surface area contributed by atoms with E-state index in [9.17, 15) is 18.0 Å². The second-order valence-corrected chi connectivity index (χ2v) is 8.95. The highest BCUT2D eigenvalue weighted by Gasteiger charge is 2.40. The SMILES string of the molecule is COc1ccc(S(=O)(=O)NC2CCN([C@@H](C)C(=O)N3CCCCC3)C2=O)cc1. The first kappa shape index (κ1) is 20.6. The summed E-state index contributed by atoms with van der Waals surface area (Å²) in [6.07, 6.45) is 3.43. The number of hydrogen-bond donors (Lipinski definition) is 1. The van der Waals surface area contributed by atoms with E-state index in [1.165, 1.54) is 24.1 Å². The quantitative estimate of drug-likeness (QED) is 0.755. The summed E-state index contributed by atoms with van der Waals surface area (Å²) < 4.78 is 32.7. The Morgan fingerprint density at radius 1 is 1.14 bits per heavy atom. The number of carbonyl (C=O) groups is 2. The van der Waals surface area contributed by atoms with E-state index in [0.717, 1.165) is 32.4 Å². The molecule has 2 aliphatic heterocycles. The molecule has 0 aliphatic carbocycles. The van der Waals surface area contributed by atoms with Gasteiger partial charge >= 0.3 is 0 Å². The molecule has 0 spiro atoms. The third-order valence-electron chi connectivity index (χ3n) is 5.40. The highest BCUT2D eigenvalue weighted by molar-refractivity contribution is 7.89. The van der Waals surface area contributed by atoms with Crippen LogP contribution in [0.5, 0.6) is 5.75 Å². The van der Waals surface area contributed by atoms with Gasteiger partial charge in [0.1, 0.15) is 17.8 Å². The molecule has 0 bridgehead atoms. The van der Waals surface area contributed by atoms with Gasteiger partial charge in [0.25, 0.3) is 0 Å². The van der Waals surface area contributed by atoms with Crippen LogP contribution < -0.4 is 9.46 Å². The number of nitrogens with zero attached hydrogens (tertiary/aromatic N) is 2. The number of hydrogen-bond acceptors (Lipinski definition) is 5. The Labute approximate surface area is 165 Å². The lowest BCUT2D eigenvalue weighted by Crippen LogP contribution is -2.51. The van der Waals surface area contributed by atoms with Gasteiger partial charge in [-0.15, -0.1) is 0 Å². The number of nitrogens with one attached hydrogen (secondary N) is 1. The van der Waals surface area contributed by atoms with Gasteiger partial charge in [-0.1, -0.05) is 0 Å². The smallest absolute Gasteiger partial charge is 0.245 e. The third-order valence-corrected chi connectivity index (χ3v) is 6.89. The van der Waals surface area contributed by atoms with Crippen LogP contribution >= 0.6 is 0 Å². The molecule has 1 aromatic rings. The Morgan fingerprint density at radius 2 is 1.79 bits per heavy atom. The van der Waals surface area contributed by atoms with Gasteiger partial charge in [0.05, 0.1) is 12.0 Å². The molecule has 2 aliphatic rings. The molecule has 2 atom stereocenters. The Morgan fingerprint density at radius 3 is 2.39 bits per heavy atom. The minimum Gasteiger partial charge on any atom is -0.497 e. The molecule has 28 heavy (non-hydrogen) atoms. The van der Waals surface area contributed by atoms with Crippen molar-refractivity contribution in [1.29, 1.82) is 0 Å². The number of sulfonamides is 1. The van der Waals surface area contributed by atoms with Crippen molar-refractivity contribution in [2.24, 2.45) is 0 Å². The molecule has 2 amide bonds. The molecule has 1 aromatic carbocycles. The zero-order chi connectivity index (χ0) is 20.3. The molecule has 9 heteroatoms. The first-order valence-corrected chi connectivity index (χ1v) is 11.1. The fourth-order valence-electron chi connectivity index (χ4n) is 3.72. The Balaban J connectivity index is 1.65. The summed E-state index contributed by atoms with van der Waals surface area (Å²) in [6, 6.07) is 4.53. The van der Waals surface area contributed by atoms with Crippen LogP contribution in [-0.4, -0.2) is 68.9 Å². The molecule has 0 aromatic heterocycles. The lowest BCUT2D eigenvalue weighted by molar-refractivity contribution is -0.143. The molecular weight excluding hydrogens is 382 g/mol. The molecule has 2 saturated heterocycles. The monoisotopic (exact) mass is 409 g/mol. The van der Waals surface area contributed by atoms with E-state index < -0.39 is 22.1 Å². The van der Waals surface area contributed by atoms with E-state index in [0.29, 0.717) is 18.7 Å². The molecule has 2 fully saturated rings. The molecule has 1 N–H and O–H groups in total. The van der Waals surface area contributed by atoms with Crippen LogP contribution in [0.1, 0.15) is 32.6 Å². The van der Waals surface area contributed by atoms with Gasteiger partial charge in [0, 0.05) is 19.6 Å². The maximum absolute atomic E-state index is 12.8. The van der Waals surface area contributed by atoms with Crippen molar-refractivity contribution in [3.8, 4) is 5.75 Å². The van der Waals surface area contributed by atoms with Gasteiger partial charge in [-0.3, -0.25) is 9.59 Å². The van der Waals surface area contributed by atoms with E-state index in [1.807, 2.05) is 0 Å². The number of ether oxygens (including phenoxy) is 1. The van der Waals surface area contributed by atoms with Crippen molar-refractivity contribution in [1.82, 2.24) is 14.5 Å². The molecule has 0 radical (unpaired) electrons. The van der Waals surface area contributed by atoms with Gasteiger partial charge < -0.3 is 14.5 Å². The first-order valence-electron chi connectivity index (χ1n) is 9.59. The van der Waals surface area contributed by atoms with Gasteiger partial charge in [0.2, 0.25) is 21.8 Å². The van der Waals surface area contributed by atoms with Crippen molar-refractivity contribution in [2.75, 3.05) is 26.7 Å². The summed E-state index contributed by atoms with van der Waals surface area (Å²) in [6.45, 7) is 3.52. The van der Waals surface area contributed by atoms with Crippen molar-refractivity contribution >= 4 is 21.8 Å². The van der Waals surface area contributed by atoms with Crippen LogP contribution in [-0.2, 0) is 19.6 Å². The minimum absolute atomic E-state index is 0.0632. The van der Waals surface area contributed by atoms with E-state index >= 15 is 0 Å². The zero-order valence-corrected chi connectivity index (χ0v) is 17.1. The molecular formula is C19H27N3O5S. The molecule has 154 valence electrons. The Hall–Kier alpha value is -2.13. The predicted octanol–water partition coefficient (Wildman–Crippen LogP) is 0.975. The zero-order valence-electron chi connectivity index (χ0n) is 16.3. The topological polar surface area (TPSA) is 96.0 Å². The Bertz CT molecular complexity index is 818. The molecule has 1 unspecified atom stereocenters. The van der Waals surface area contributed by atoms with Crippen molar-refractivity contribution in [2.45, 2.75) is 49.6 Å². The summed E-state index contributed by atoms with van der Waals surface area (Å²) in [7, 11) is -2.34. The summed E-state index contributed by atoms with van der Waals surface area (Å²) in [5.41, 5.74) is 0. The van der Waals surface area contributed by atoms with Crippen LogP contribution in [0, 0.1) is 0 Å². The summed E-state index contributed by atoms with van der Waals surface area (Å²) in [5, 5.41) is 0. The lowest BCUT2D eigenvalue weighted by atomic mass is 10.1. The van der Waals surface area contributed by atoms with Gasteiger partial charge in [-0.25, -0.2) is 8.42 Å². The summed E-state index contributed by atoms with van der Waals surface area (Å²) in [4.78, 5) is 28.8. The van der Waals surface area contributed by atoms with Crippen LogP contribution in [0.25, 0.3) is 0 Å². The van der Waals surface area contributed by atoms with Gasteiger partial charge in [0.15, 0.2) is 0 Å². The maximum Gasteiger partial charge on any atom is 0.245 e. The number of carbonyl (C=O) groups excluding carboxylic acids is 2. The van der Waals surface area contributed by atoms with E-state index in [1.54, 1.807) is 24.0 Å². The highest BCUT2D eigenvalue weighted by atomic mass is 32.2. The highest BCUT2D eigenvalue weighted by Crippen LogP contribution is 2.21. The molecule has 0 saturated carbocycles. The third kappa shape index (κ3) is 4.30. The second-order valence-electron chi connectivity index (χ2n) is 7.23. The van der Waals surface area contributed by atoms with Gasteiger partial charge in [-0.2, -0.15) is 4.72 Å². The normalized spacial score (nSPS) is 21.6. The molecule has 2 heterocycles. The largest absolute Gasteiger partial charge is 0.497 e. The van der Waals surface area contributed by atoms with Crippen LogP contribution in [0.2, 0.25) is 0 Å². The fourth-order valence-corrected chi connectivity index (χ4v) is 4.94. The van der Waals surface area contributed by atoms with Crippen LogP contribution in [0.3, 0.4) is 0 Å². The Kier molecular flexibility index (Phi) is 6.24. The fraction of sp³-hybridized carbons (Fsp3) is 0.579. The number of methoxy groups -OCH3 is 1. The molecule has 8 nitrogen and oxygen atoms in total. The number of amides is 2. The number of piperidine rings is 1. The lowest BCUT2D eigenvalue weighted by Gasteiger charge is -2.32.